The summed E-state index contributed by atoms with van der Waals surface area (Å²) < 4.78 is 8.77. The zero-order valence-electron chi connectivity index (χ0n) is 18.3. The Bertz CT molecular complexity index is 1080. The molecule has 0 unspecified atom stereocenters. The predicted octanol–water partition coefficient (Wildman–Crippen LogP) is 4.06. The lowest BCUT2D eigenvalue weighted by molar-refractivity contribution is 0.248. The monoisotopic (exact) mass is 511 g/mol. The molecule has 178 valence electrons. The van der Waals surface area contributed by atoms with Gasteiger partial charge in [-0.05, 0) is 42.8 Å². The van der Waals surface area contributed by atoms with Gasteiger partial charge in [-0.25, -0.2) is 9.48 Å². The summed E-state index contributed by atoms with van der Waals surface area (Å²) in [6.45, 7) is 6.31. The summed E-state index contributed by atoms with van der Waals surface area (Å²) in [5.74, 6) is 0.688. The average Bonchev–Trinajstić information content (AvgIpc) is 3.14. The maximum absolute atomic E-state index is 12.5. The van der Waals surface area contributed by atoms with Crippen molar-refractivity contribution in [3.63, 3.8) is 0 Å². The normalized spacial score (nSPS) is 14.2. The van der Waals surface area contributed by atoms with Gasteiger partial charge in [-0.2, -0.15) is 5.10 Å². The van der Waals surface area contributed by atoms with E-state index in [9.17, 15) is 4.79 Å². The van der Waals surface area contributed by atoms with Crippen LogP contribution in [0, 0.1) is 0 Å². The van der Waals surface area contributed by atoms with E-state index in [1.165, 1.54) is 10.4 Å². The molecule has 2 heterocycles. The number of benzene rings is 2. The molecule has 0 aliphatic carbocycles. The first kappa shape index (κ1) is 25.4. The molecule has 1 saturated heterocycles. The molecule has 0 amide bonds. The quantitative estimate of drug-likeness (QED) is 0.433. The summed E-state index contributed by atoms with van der Waals surface area (Å²) in [6, 6.07) is 15.2. The van der Waals surface area contributed by atoms with Gasteiger partial charge >= 0.3 is 5.69 Å². The lowest BCUT2D eigenvalue weighted by atomic mass is 10.2. The van der Waals surface area contributed by atoms with Crippen LogP contribution in [0.3, 0.4) is 0 Å². The Morgan fingerprint density at radius 3 is 2.36 bits per heavy atom. The Hall–Kier alpha value is -2.19. The Morgan fingerprint density at radius 2 is 1.64 bits per heavy atom. The van der Waals surface area contributed by atoms with E-state index in [-0.39, 0.29) is 18.1 Å². The maximum atomic E-state index is 12.5. The first-order chi connectivity index (χ1) is 15.6. The van der Waals surface area contributed by atoms with Crippen molar-refractivity contribution in [2.75, 3.05) is 44.2 Å². The molecule has 10 heteroatoms. The highest BCUT2D eigenvalue weighted by Crippen LogP contribution is 2.21. The average molecular weight is 513 g/mol. The van der Waals surface area contributed by atoms with Crippen LogP contribution in [0.1, 0.15) is 6.42 Å². The van der Waals surface area contributed by atoms with Crippen LogP contribution in [0.25, 0.3) is 0 Å². The second-order valence-electron chi connectivity index (χ2n) is 7.80. The molecular weight excluding hydrogens is 485 g/mol. The van der Waals surface area contributed by atoms with Crippen LogP contribution in [0.15, 0.2) is 59.7 Å². The Kier molecular flexibility index (Phi) is 9.50. The summed E-state index contributed by atoms with van der Waals surface area (Å²) in [7, 11) is 0. The minimum absolute atomic E-state index is 0. The highest BCUT2D eigenvalue weighted by molar-refractivity contribution is 6.31. The topological polar surface area (TPSA) is 55.5 Å². The van der Waals surface area contributed by atoms with Crippen molar-refractivity contribution in [1.82, 2.24) is 19.2 Å². The minimum atomic E-state index is -0.106. The van der Waals surface area contributed by atoms with Crippen molar-refractivity contribution in [3.8, 4) is 5.75 Å². The molecule has 4 rings (SSSR count). The SMILES string of the molecule is Cl.O=c1n(CCOc2cccc(Cl)c2)cnn1CCCN1CCN(c2cccc(Cl)c2)CC1. The zero-order valence-corrected chi connectivity index (χ0v) is 20.6. The number of anilines is 1. The van der Waals surface area contributed by atoms with Crippen molar-refractivity contribution in [1.29, 1.82) is 0 Å². The van der Waals surface area contributed by atoms with E-state index in [1.54, 1.807) is 23.0 Å². The number of nitrogens with zero attached hydrogens (tertiary/aromatic N) is 5. The molecule has 0 N–H and O–H groups in total. The number of rotatable bonds is 9. The van der Waals surface area contributed by atoms with E-state index in [1.807, 2.05) is 30.3 Å². The number of ether oxygens (including phenoxy) is 1. The van der Waals surface area contributed by atoms with Gasteiger partial charge in [-0.1, -0.05) is 35.3 Å². The molecule has 33 heavy (non-hydrogen) atoms. The smallest absolute Gasteiger partial charge is 0.345 e. The third kappa shape index (κ3) is 7.14. The van der Waals surface area contributed by atoms with Gasteiger partial charge in [-0.15, -0.1) is 12.4 Å². The number of piperazine rings is 1. The molecule has 1 aliphatic rings. The number of hydrogen-bond donors (Lipinski definition) is 0. The zero-order chi connectivity index (χ0) is 22.3. The summed E-state index contributed by atoms with van der Waals surface area (Å²) in [4.78, 5) is 17.3. The fourth-order valence-electron chi connectivity index (χ4n) is 3.84. The molecular formula is C23H28Cl3N5O2. The molecule has 0 saturated carbocycles. The van der Waals surface area contributed by atoms with Crippen LogP contribution < -0.4 is 15.3 Å². The Balaban J connectivity index is 0.00000306. The molecule has 0 radical (unpaired) electrons. The van der Waals surface area contributed by atoms with Crippen LogP contribution in [0.2, 0.25) is 10.0 Å². The number of aromatic nitrogens is 3. The van der Waals surface area contributed by atoms with Gasteiger partial charge < -0.3 is 9.64 Å². The van der Waals surface area contributed by atoms with Gasteiger partial charge in [-0.3, -0.25) is 9.47 Å². The molecule has 7 nitrogen and oxygen atoms in total. The van der Waals surface area contributed by atoms with Gasteiger partial charge in [0.05, 0.1) is 6.54 Å². The molecule has 1 aliphatic heterocycles. The van der Waals surface area contributed by atoms with Crippen molar-refractivity contribution in [2.24, 2.45) is 0 Å². The van der Waals surface area contributed by atoms with Gasteiger partial charge in [0, 0.05) is 55.0 Å². The first-order valence-corrected chi connectivity index (χ1v) is 11.6. The summed E-state index contributed by atoms with van der Waals surface area (Å²) in [6.07, 6.45) is 2.46. The molecule has 1 fully saturated rings. The van der Waals surface area contributed by atoms with E-state index in [0.29, 0.717) is 30.5 Å². The second kappa shape index (κ2) is 12.3. The second-order valence-corrected chi connectivity index (χ2v) is 8.67. The molecule has 0 spiro atoms. The maximum Gasteiger partial charge on any atom is 0.345 e. The summed E-state index contributed by atoms with van der Waals surface area (Å²) in [5, 5.41) is 5.64. The van der Waals surface area contributed by atoms with Gasteiger partial charge in [0.25, 0.3) is 0 Å². The largest absolute Gasteiger partial charge is 0.492 e. The van der Waals surface area contributed by atoms with E-state index in [2.05, 4.69) is 21.0 Å². The first-order valence-electron chi connectivity index (χ1n) is 10.8. The molecule has 3 aromatic rings. The lowest BCUT2D eigenvalue weighted by Crippen LogP contribution is -2.46. The highest BCUT2D eigenvalue weighted by atomic mass is 35.5. The van der Waals surface area contributed by atoms with Crippen molar-refractivity contribution < 1.29 is 4.74 Å². The molecule has 2 aromatic carbocycles. The number of hydrogen-bond acceptors (Lipinski definition) is 5. The van der Waals surface area contributed by atoms with Gasteiger partial charge in [0.1, 0.15) is 18.7 Å². The predicted molar refractivity (Wildman–Crippen MR) is 135 cm³/mol. The van der Waals surface area contributed by atoms with Crippen LogP contribution >= 0.6 is 35.6 Å². The van der Waals surface area contributed by atoms with E-state index in [0.717, 1.165) is 44.2 Å². The molecule has 0 atom stereocenters. The third-order valence-electron chi connectivity index (χ3n) is 5.58. The lowest BCUT2D eigenvalue weighted by Gasteiger charge is -2.36. The third-order valence-corrected chi connectivity index (χ3v) is 6.05. The van der Waals surface area contributed by atoms with Gasteiger partial charge in [0.2, 0.25) is 0 Å². The van der Waals surface area contributed by atoms with Crippen LogP contribution in [-0.2, 0) is 13.1 Å². The Morgan fingerprint density at radius 1 is 0.909 bits per heavy atom. The van der Waals surface area contributed by atoms with Crippen molar-refractivity contribution in [3.05, 3.63) is 75.4 Å². The Labute approximate surface area is 209 Å². The van der Waals surface area contributed by atoms with Crippen LogP contribution in [0.5, 0.6) is 5.75 Å². The minimum Gasteiger partial charge on any atom is -0.492 e. The standard InChI is InChI=1S/C23H27Cl2N5O2.ClH/c24-19-4-1-6-21(16-19)28-12-10-27(11-13-28)8-3-9-30-23(31)29(18-26-30)14-15-32-22-7-2-5-20(25)17-22;/h1-2,4-7,16-18H,3,8-15H2;1H. The fraction of sp³-hybridized carbons (Fsp3) is 0.391. The van der Waals surface area contributed by atoms with Gasteiger partial charge in [0.15, 0.2) is 0 Å². The van der Waals surface area contributed by atoms with E-state index in [4.69, 9.17) is 27.9 Å². The van der Waals surface area contributed by atoms with E-state index >= 15 is 0 Å². The fourth-order valence-corrected chi connectivity index (χ4v) is 4.21. The van der Waals surface area contributed by atoms with Crippen molar-refractivity contribution >= 4 is 41.3 Å². The van der Waals surface area contributed by atoms with Crippen molar-refractivity contribution in [2.45, 2.75) is 19.5 Å². The highest BCUT2D eigenvalue weighted by Gasteiger charge is 2.17. The van der Waals surface area contributed by atoms with E-state index < -0.39 is 0 Å². The number of halogens is 3. The van der Waals surface area contributed by atoms with Crippen LogP contribution in [-0.4, -0.2) is 58.6 Å². The summed E-state index contributed by atoms with van der Waals surface area (Å²) in [5.41, 5.74) is 1.07. The molecule has 1 aromatic heterocycles. The number of aryl methyl sites for hydroxylation is 1. The summed E-state index contributed by atoms with van der Waals surface area (Å²) >= 11 is 12.1. The molecule has 0 bridgehead atoms. The van der Waals surface area contributed by atoms with Crippen LogP contribution in [0.4, 0.5) is 5.69 Å².